The SMILES string of the molecule is C=CNS(=O)(=O)C1(C)C=CC(N)=CC1. The Morgan fingerprint density at radius 1 is 1.71 bits per heavy atom. The van der Waals surface area contributed by atoms with Gasteiger partial charge in [0.15, 0.2) is 0 Å². The van der Waals surface area contributed by atoms with Crippen LogP contribution in [-0.2, 0) is 10.0 Å². The number of hydrogen-bond donors (Lipinski definition) is 2. The molecule has 14 heavy (non-hydrogen) atoms. The lowest BCUT2D eigenvalue weighted by Crippen LogP contribution is -2.41. The van der Waals surface area contributed by atoms with Gasteiger partial charge in [-0.05, 0) is 19.4 Å². The van der Waals surface area contributed by atoms with Crippen LogP contribution < -0.4 is 10.5 Å². The Hall–Kier alpha value is -1.23. The van der Waals surface area contributed by atoms with Crippen molar-refractivity contribution in [2.75, 3.05) is 0 Å². The van der Waals surface area contributed by atoms with E-state index in [0.29, 0.717) is 12.1 Å². The quantitative estimate of drug-likeness (QED) is 0.723. The molecule has 0 radical (unpaired) electrons. The van der Waals surface area contributed by atoms with E-state index < -0.39 is 14.8 Å². The zero-order chi connectivity index (χ0) is 10.8. The Balaban J connectivity index is 3.00. The number of rotatable bonds is 3. The van der Waals surface area contributed by atoms with Gasteiger partial charge in [-0.3, -0.25) is 4.72 Å². The van der Waals surface area contributed by atoms with E-state index >= 15 is 0 Å². The zero-order valence-corrected chi connectivity index (χ0v) is 8.84. The van der Waals surface area contributed by atoms with Crippen LogP contribution in [0.2, 0.25) is 0 Å². The third kappa shape index (κ3) is 1.82. The summed E-state index contributed by atoms with van der Waals surface area (Å²) in [6.07, 6.45) is 6.43. The molecule has 78 valence electrons. The van der Waals surface area contributed by atoms with Crippen LogP contribution >= 0.6 is 0 Å². The topological polar surface area (TPSA) is 72.2 Å². The first kappa shape index (κ1) is 10.8. The van der Waals surface area contributed by atoms with Gasteiger partial charge in [0.05, 0.1) is 0 Å². The molecule has 0 fully saturated rings. The van der Waals surface area contributed by atoms with Crippen LogP contribution in [0.3, 0.4) is 0 Å². The molecule has 3 N–H and O–H groups in total. The molecule has 0 bridgehead atoms. The van der Waals surface area contributed by atoms with Gasteiger partial charge < -0.3 is 5.73 Å². The fourth-order valence-corrected chi connectivity index (χ4v) is 2.21. The molecule has 0 amide bonds. The summed E-state index contributed by atoms with van der Waals surface area (Å²) in [4.78, 5) is 0. The third-order valence-electron chi connectivity index (χ3n) is 2.22. The molecule has 0 heterocycles. The van der Waals surface area contributed by atoms with Crippen LogP contribution in [0.4, 0.5) is 0 Å². The Bertz CT molecular complexity index is 395. The lowest BCUT2D eigenvalue weighted by atomic mass is 10.0. The zero-order valence-electron chi connectivity index (χ0n) is 8.03. The minimum absolute atomic E-state index is 0.374. The van der Waals surface area contributed by atoms with Crippen LogP contribution in [0.5, 0.6) is 0 Å². The second-order valence-electron chi connectivity index (χ2n) is 3.38. The summed E-state index contributed by atoms with van der Waals surface area (Å²) in [5.41, 5.74) is 6.11. The summed E-state index contributed by atoms with van der Waals surface area (Å²) in [7, 11) is -3.41. The first-order valence-corrected chi connectivity index (χ1v) is 5.67. The van der Waals surface area contributed by atoms with Crippen molar-refractivity contribution in [3.05, 3.63) is 36.7 Å². The summed E-state index contributed by atoms with van der Waals surface area (Å²) < 4.78 is 24.7. The molecule has 0 aromatic rings. The minimum Gasteiger partial charge on any atom is -0.399 e. The van der Waals surface area contributed by atoms with Crippen molar-refractivity contribution >= 4 is 10.0 Å². The van der Waals surface area contributed by atoms with Gasteiger partial charge in [0, 0.05) is 11.9 Å². The third-order valence-corrected chi connectivity index (χ3v) is 4.23. The van der Waals surface area contributed by atoms with Crippen molar-refractivity contribution in [2.45, 2.75) is 18.1 Å². The average Bonchev–Trinajstić information content (AvgIpc) is 2.10. The van der Waals surface area contributed by atoms with Gasteiger partial charge >= 0.3 is 0 Å². The van der Waals surface area contributed by atoms with Gasteiger partial charge in [0.1, 0.15) is 4.75 Å². The van der Waals surface area contributed by atoms with Gasteiger partial charge in [0.2, 0.25) is 10.0 Å². The maximum atomic E-state index is 11.7. The lowest BCUT2D eigenvalue weighted by molar-refractivity contribution is 0.556. The van der Waals surface area contributed by atoms with Gasteiger partial charge in [-0.1, -0.05) is 18.7 Å². The largest absolute Gasteiger partial charge is 0.399 e. The van der Waals surface area contributed by atoms with Gasteiger partial charge in [-0.25, -0.2) is 8.42 Å². The number of sulfonamides is 1. The fourth-order valence-electron chi connectivity index (χ4n) is 1.17. The molecule has 0 saturated heterocycles. The molecule has 0 spiro atoms. The van der Waals surface area contributed by atoms with E-state index in [9.17, 15) is 8.42 Å². The van der Waals surface area contributed by atoms with E-state index in [0.717, 1.165) is 6.20 Å². The van der Waals surface area contributed by atoms with E-state index in [-0.39, 0.29) is 0 Å². The van der Waals surface area contributed by atoms with Crippen LogP contribution in [0, 0.1) is 0 Å². The highest BCUT2D eigenvalue weighted by molar-refractivity contribution is 7.91. The second-order valence-corrected chi connectivity index (χ2v) is 5.55. The van der Waals surface area contributed by atoms with Crippen molar-refractivity contribution in [3.8, 4) is 0 Å². The predicted octanol–water partition coefficient (Wildman–Crippen LogP) is 0.611. The smallest absolute Gasteiger partial charge is 0.241 e. The Labute approximate surface area is 84.2 Å². The van der Waals surface area contributed by atoms with Crippen LogP contribution in [0.1, 0.15) is 13.3 Å². The number of nitrogens with one attached hydrogen (secondary N) is 1. The minimum atomic E-state index is -3.41. The molecular weight excluding hydrogens is 200 g/mol. The van der Waals surface area contributed by atoms with Crippen LogP contribution in [0.25, 0.3) is 0 Å². The fraction of sp³-hybridized carbons (Fsp3) is 0.333. The van der Waals surface area contributed by atoms with Crippen LogP contribution in [-0.4, -0.2) is 13.2 Å². The van der Waals surface area contributed by atoms with Gasteiger partial charge in [-0.2, -0.15) is 0 Å². The van der Waals surface area contributed by atoms with E-state index in [1.807, 2.05) is 0 Å². The van der Waals surface area contributed by atoms with Gasteiger partial charge in [0.25, 0.3) is 0 Å². The van der Waals surface area contributed by atoms with Crippen molar-refractivity contribution in [1.82, 2.24) is 4.72 Å². The average molecular weight is 214 g/mol. The number of hydrogen-bond acceptors (Lipinski definition) is 3. The summed E-state index contributed by atoms with van der Waals surface area (Å²) in [5, 5.41) is 0. The Kier molecular flexibility index (Phi) is 2.71. The molecule has 4 nitrogen and oxygen atoms in total. The summed E-state index contributed by atoms with van der Waals surface area (Å²) in [6.45, 7) is 4.97. The van der Waals surface area contributed by atoms with E-state index in [2.05, 4.69) is 11.3 Å². The number of allylic oxidation sites excluding steroid dienone is 2. The maximum Gasteiger partial charge on any atom is 0.241 e. The first-order valence-electron chi connectivity index (χ1n) is 4.19. The van der Waals surface area contributed by atoms with Crippen molar-refractivity contribution < 1.29 is 8.42 Å². The summed E-state index contributed by atoms with van der Waals surface area (Å²) in [6, 6.07) is 0. The predicted molar refractivity (Wildman–Crippen MR) is 56.7 cm³/mol. The van der Waals surface area contributed by atoms with E-state index in [4.69, 9.17) is 5.73 Å². The van der Waals surface area contributed by atoms with E-state index in [1.54, 1.807) is 25.2 Å². The highest BCUT2D eigenvalue weighted by atomic mass is 32.2. The molecule has 0 aliphatic heterocycles. The molecule has 1 unspecified atom stereocenters. The monoisotopic (exact) mass is 214 g/mol. The Morgan fingerprint density at radius 3 is 2.79 bits per heavy atom. The van der Waals surface area contributed by atoms with E-state index in [1.165, 1.54) is 0 Å². The normalized spacial score (nSPS) is 26.8. The molecule has 1 aliphatic carbocycles. The highest BCUT2D eigenvalue weighted by Crippen LogP contribution is 2.26. The standard InChI is InChI=1S/C9H14N2O2S/c1-3-11-14(12,13)9(2)6-4-8(10)5-7-9/h3-6,11H,1,7,10H2,2H3. The Morgan fingerprint density at radius 2 is 2.36 bits per heavy atom. The van der Waals surface area contributed by atoms with Crippen molar-refractivity contribution in [1.29, 1.82) is 0 Å². The molecule has 5 heteroatoms. The summed E-state index contributed by atoms with van der Waals surface area (Å²) in [5.74, 6) is 0. The molecule has 1 rings (SSSR count). The maximum absolute atomic E-state index is 11.7. The lowest BCUT2D eigenvalue weighted by Gasteiger charge is -2.26. The first-order chi connectivity index (χ1) is 6.41. The molecule has 0 saturated carbocycles. The molecule has 1 aliphatic rings. The molecular formula is C9H14N2O2S. The van der Waals surface area contributed by atoms with Crippen molar-refractivity contribution in [3.63, 3.8) is 0 Å². The molecule has 0 aromatic heterocycles. The molecule has 0 aromatic carbocycles. The summed E-state index contributed by atoms with van der Waals surface area (Å²) >= 11 is 0. The number of nitrogens with two attached hydrogens (primary N) is 1. The van der Waals surface area contributed by atoms with Crippen molar-refractivity contribution in [2.24, 2.45) is 5.73 Å². The van der Waals surface area contributed by atoms with Gasteiger partial charge in [-0.15, -0.1) is 0 Å². The molecule has 1 atom stereocenters. The second kappa shape index (κ2) is 3.49. The highest BCUT2D eigenvalue weighted by Gasteiger charge is 2.36. The van der Waals surface area contributed by atoms with Crippen LogP contribution in [0.15, 0.2) is 36.7 Å².